The number of thiocarbonyl (C=S) groups is 1. The van der Waals surface area contributed by atoms with Crippen LogP contribution in [0.3, 0.4) is 0 Å². The third-order valence-corrected chi connectivity index (χ3v) is 5.40. The summed E-state index contributed by atoms with van der Waals surface area (Å²) in [5, 5.41) is 0. The summed E-state index contributed by atoms with van der Waals surface area (Å²) in [5.74, 6) is -0.572. The molecule has 1 aromatic carbocycles. The molecule has 0 aliphatic carbocycles. The first kappa shape index (κ1) is 16.1. The first-order valence-electron chi connectivity index (χ1n) is 6.70. The molecule has 1 saturated heterocycles. The van der Waals surface area contributed by atoms with Gasteiger partial charge in [0.1, 0.15) is 10.8 Å². The summed E-state index contributed by atoms with van der Waals surface area (Å²) in [7, 11) is -3.66. The van der Waals surface area contributed by atoms with E-state index < -0.39 is 16.0 Å². The summed E-state index contributed by atoms with van der Waals surface area (Å²) in [6.07, 6.45) is 2.70. The molecule has 0 amide bonds. The maximum Gasteiger partial charge on any atom is 0.301 e. The van der Waals surface area contributed by atoms with E-state index in [1.54, 1.807) is 0 Å². The van der Waals surface area contributed by atoms with E-state index in [4.69, 9.17) is 18.0 Å². The van der Waals surface area contributed by atoms with E-state index in [-0.39, 0.29) is 22.3 Å². The molecule has 21 heavy (non-hydrogen) atoms. The number of hydrogen-bond donors (Lipinski definition) is 2. The number of nitrogens with zero attached hydrogens (tertiary/aromatic N) is 1. The van der Waals surface area contributed by atoms with Crippen molar-refractivity contribution >= 4 is 33.1 Å². The second-order valence-corrected chi connectivity index (χ2v) is 7.18. The molecule has 1 atom stereocenters. The van der Waals surface area contributed by atoms with E-state index in [2.05, 4.69) is 4.72 Å². The van der Waals surface area contributed by atoms with Gasteiger partial charge in [0, 0.05) is 18.2 Å². The van der Waals surface area contributed by atoms with Crippen molar-refractivity contribution in [2.45, 2.75) is 32.2 Å². The van der Waals surface area contributed by atoms with E-state index in [0.717, 1.165) is 25.3 Å². The van der Waals surface area contributed by atoms with Gasteiger partial charge in [0.2, 0.25) is 0 Å². The maximum atomic E-state index is 13.5. The van der Waals surface area contributed by atoms with Crippen LogP contribution in [0.1, 0.15) is 31.7 Å². The van der Waals surface area contributed by atoms with Crippen molar-refractivity contribution in [1.29, 1.82) is 0 Å². The quantitative estimate of drug-likeness (QED) is 0.828. The Kier molecular flexibility index (Phi) is 4.80. The second-order valence-electron chi connectivity index (χ2n) is 5.12. The molecular formula is C13H18FN3O2S2. The molecule has 1 fully saturated rings. The van der Waals surface area contributed by atoms with Gasteiger partial charge in [-0.25, -0.2) is 4.39 Å². The highest BCUT2D eigenvalue weighted by Gasteiger charge is 2.29. The Bertz CT molecular complexity index is 649. The van der Waals surface area contributed by atoms with Crippen LogP contribution in [-0.4, -0.2) is 30.3 Å². The predicted octanol–water partition coefficient (Wildman–Crippen LogP) is 1.99. The summed E-state index contributed by atoms with van der Waals surface area (Å²) in [4.78, 5) is -0.111. The lowest BCUT2D eigenvalue weighted by atomic mass is 10.1. The van der Waals surface area contributed by atoms with E-state index in [1.807, 2.05) is 6.92 Å². The lowest BCUT2D eigenvalue weighted by Crippen LogP contribution is -2.44. The van der Waals surface area contributed by atoms with Gasteiger partial charge in [-0.05, 0) is 38.0 Å². The molecule has 1 aliphatic heterocycles. The van der Waals surface area contributed by atoms with E-state index in [9.17, 15) is 12.8 Å². The van der Waals surface area contributed by atoms with E-state index in [1.165, 1.54) is 16.4 Å². The van der Waals surface area contributed by atoms with Crippen molar-refractivity contribution in [2.75, 3.05) is 11.3 Å². The minimum absolute atomic E-state index is 0.0249. The van der Waals surface area contributed by atoms with Gasteiger partial charge in [-0.15, -0.1) is 0 Å². The van der Waals surface area contributed by atoms with Crippen LogP contribution < -0.4 is 10.5 Å². The molecule has 1 aromatic rings. The van der Waals surface area contributed by atoms with Gasteiger partial charge in [0.25, 0.3) is 0 Å². The number of anilines is 1. The number of piperidine rings is 1. The summed E-state index contributed by atoms with van der Waals surface area (Å²) >= 11 is 4.74. The van der Waals surface area contributed by atoms with Crippen LogP contribution in [0.25, 0.3) is 0 Å². The Morgan fingerprint density at radius 3 is 2.81 bits per heavy atom. The van der Waals surface area contributed by atoms with Gasteiger partial charge in [0.15, 0.2) is 0 Å². The first-order valence-corrected chi connectivity index (χ1v) is 8.55. The van der Waals surface area contributed by atoms with Crippen molar-refractivity contribution in [3.63, 3.8) is 0 Å². The standard InChI is InChI=1S/C13H18FN3O2S2/c1-9-4-2-3-7-17(9)21(18,19)16-10-5-6-12(14)11(8-10)13(15)20/h5-6,8-9,16H,2-4,7H2,1H3,(H2,15,20). The van der Waals surface area contributed by atoms with Gasteiger partial charge < -0.3 is 5.73 Å². The summed E-state index contributed by atoms with van der Waals surface area (Å²) in [6.45, 7) is 2.36. The van der Waals surface area contributed by atoms with Crippen LogP contribution in [0.4, 0.5) is 10.1 Å². The van der Waals surface area contributed by atoms with Crippen LogP contribution in [-0.2, 0) is 10.2 Å². The van der Waals surface area contributed by atoms with Crippen molar-refractivity contribution in [3.05, 3.63) is 29.6 Å². The SMILES string of the molecule is CC1CCCCN1S(=O)(=O)Nc1ccc(F)c(C(N)=S)c1. The van der Waals surface area contributed by atoms with Crippen LogP contribution in [0.5, 0.6) is 0 Å². The van der Waals surface area contributed by atoms with Gasteiger partial charge in [-0.3, -0.25) is 4.72 Å². The maximum absolute atomic E-state index is 13.5. The molecule has 1 heterocycles. The number of halogens is 1. The highest BCUT2D eigenvalue weighted by molar-refractivity contribution is 7.90. The zero-order chi connectivity index (χ0) is 15.6. The topological polar surface area (TPSA) is 75.4 Å². The molecule has 116 valence electrons. The van der Waals surface area contributed by atoms with Crippen LogP contribution in [0, 0.1) is 5.82 Å². The Morgan fingerprint density at radius 1 is 1.48 bits per heavy atom. The average Bonchev–Trinajstić information content (AvgIpc) is 2.40. The minimum Gasteiger partial charge on any atom is -0.389 e. The second kappa shape index (κ2) is 6.25. The van der Waals surface area contributed by atoms with E-state index >= 15 is 0 Å². The Morgan fingerprint density at radius 2 is 2.19 bits per heavy atom. The number of benzene rings is 1. The third-order valence-electron chi connectivity index (χ3n) is 3.53. The summed E-state index contributed by atoms with van der Waals surface area (Å²) in [5.41, 5.74) is 5.69. The fraction of sp³-hybridized carbons (Fsp3) is 0.462. The minimum atomic E-state index is -3.66. The van der Waals surface area contributed by atoms with Gasteiger partial charge in [-0.1, -0.05) is 18.6 Å². The summed E-state index contributed by atoms with van der Waals surface area (Å²) < 4.78 is 42.2. The lowest BCUT2D eigenvalue weighted by Gasteiger charge is -2.32. The van der Waals surface area contributed by atoms with Gasteiger partial charge >= 0.3 is 10.2 Å². The zero-order valence-electron chi connectivity index (χ0n) is 11.7. The van der Waals surface area contributed by atoms with Crippen LogP contribution in [0.15, 0.2) is 18.2 Å². The Hall–Kier alpha value is -1.25. The molecule has 1 aliphatic rings. The molecule has 8 heteroatoms. The van der Waals surface area contributed by atoms with Gasteiger partial charge in [0.05, 0.1) is 5.69 Å². The number of nitrogens with two attached hydrogens (primary N) is 1. The largest absolute Gasteiger partial charge is 0.389 e. The highest BCUT2D eigenvalue weighted by Crippen LogP contribution is 2.22. The number of rotatable bonds is 4. The fourth-order valence-electron chi connectivity index (χ4n) is 2.41. The summed E-state index contributed by atoms with van der Waals surface area (Å²) in [6, 6.07) is 3.76. The number of nitrogens with one attached hydrogen (secondary N) is 1. The third kappa shape index (κ3) is 3.69. The highest BCUT2D eigenvalue weighted by atomic mass is 32.2. The molecule has 0 aromatic heterocycles. The zero-order valence-corrected chi connectivity index (χ0v) is 13.3. The smallest absolute Gasteiger partial charge is 0.301 e. The van der Waals surface area contributed by atoms with Crippen molar-refractivity contribution in [2.24, 2.45) is 5.73 Å². The molecule has 0 bridgehead atoms. The van der Waals surface area contributed by atoms with Crippen LogP contribution >= 0.6 is 12.2 Å². The molecular weight excluding hydrogens is 313 g/mol. The molecule has 0 spiro atoms. The van der Waals surface area contributed by atoms with Gasteiger partial charge in [-0.2, -0.15) is 12.7 Å². The normalized spacial score (nSPS) is 20.2. The Labute approximate surface area is 129 Å². The van der Waals surface area contributed by atoms with Crippen molar-refractivity contribution in [1.82, 2.24) is 4.31 Å². The predicted molar refractivity (Wildman–Crippen MR) is 84.8 cm³/mol. The van der Waals surface area contributed by atoms with Crippen molar-refractivity contribution in [3.8, 4) is 0 Å². The monoisotopic (exact) mass is 331 g/mol. The molecule has 3 N–H and O–H groups in total. The molecule has 5 nitrogen and oxygen atoms in total. The molecule has 1 unspecified atom stereocenters. The Balaban J connectivity index is 2.24. The average molecular weight is 331 g/mol. The van der Waals surface area contributed by atoms with E-state index in [0.29, 0.717) is 6.54 Å². The molecule has 0 saturated carbocycles. The fourth-order valence-corrected chi connectivity index (χ4v) is 4.06. The first-order chi connectivity index (χ1) is 9.81. The molecule has 0 radical (unpaired) electrons. The lowest BCUT2D eigenvalue weighted by molar-refractivity contribution is 0.270. The van der Waals surface area contributed by atoms with Crippen molar-refractivity contribution < 1.29 is 12.8 Å². The van der Waals surface area contributed by atoms with Crippen LogP contribution in [0.2, 0.25) is 0 Å². The molecule has 2 rings (SSSR count). The number of hydrogen-bond acceptors (Lipinski definition) is 3.